The molecule has 24 heavy (non-hydrogen) atoms. The second-order valence-electron chi connectivity index (χ2n) is 5.97. The van der Waals surface area contributed by atoms with E-state index in [1.807, 2.05) is 19.9 Å². The highest BCUT2D eigenvalue weighted by Crippen LogP contribution is 2.27. The van der Waals surface area contributed by atoms with E-state index in [1.165, 1.54) is 0 Å². The molecule has 1 aromatic rings. The van der Waals surface area contributed by atoms with Gasteiger partial charge in [0.1, 0.15) is 6.42 Å². The maximum Gasteiger partial charge on any atom is 0.233 e. The van der Waals surface area contributed by atoms with Crippen LogP contribution in [0.1, 0.15) is 17.5 Å². The van der Waals surface area contributed by atoms with Gasteiger partial charge in [0.05, 0.1) is 23.9 Å². The van der Waals surface area contributed by atoms with Crippen LogP contribution in [0, 0.1) is 13.8 Å². The van der Waals surface area contributed by atoms with E-state index in [9.17, 15) is 9.59 Å². The fourth-order valence-corrected chi connectivity index (χ4v) is 3.01. The first-order chi connectivity index (χ1) is 11.5. The smallest absolute Gasteiger partial charge is 0.233 e. The number of ether oxygens (including phenoxy) is 1. The molecule has 0 radical (unpaired) electrons. The summed E-state index contributed by atoms with van der Waals surface area (Å²) in [5, 5.41) is 5.97. The molecule has 6 nitrogen and oxygen atoms in total. The van der Waals surface area contributed by atoms with Crippen LogP contribution in [0.5, 0.6) is 0 Å². The van der Waals surface area contributed by atoms with Gasteiger partial charge in [0.25, 0.3) is 0 Å². The average molecular weight is 354 g/mol. The number of morpholine rings is 1. The zero-order chi connectivity index (χ0) is 17.5. The lowest BCUT2D eigenvalue weighted by molar-refractivity contribution is -0.126. The second kappa shape index (κ2) is 9.01. The maximum absolute atomic E-state index is 12.0. The van der Waals surface area contributed by atoms with Crippen molar-refractivity contribution in [2.45, 2.75) is 20.3 Å². The zero-order valence-corrected chi connectivity index (χ0v) is 14.9. The summed E-state index contributed by atoms with van der Waals surface area (Å²) < 4.78 is 5.27. The quantitative estimate of drug-likeness (QED) is 0.764. The number of hydrogen-bond acceptors (Lipinski definition) is 4. The molecule has 2 amide bonds. The predicted octanol–water partition coefficient (Wildman–Crippen LogP) is 1.73. The van der Waals surface area contributed by atoms with Crippen molar-refractivity contribution >= 4 is 29.1 Å². The third-order valence-corrected chi connectivity index (χ3v) is 4.17. The van der Waals surface area contributed by atoms with Gasteiger partial charge in [-0.2, -0.15) is 0 Å². The Morgan fingerprint density at radius 3 is 2.58 bits per heavy atom. The highest BCUT2D eigenvalue weighted by molar-refractivity contribution is 6.34. The Labute approximate surface area is 147 Å². The molecular formula is C17H24ClN3O3. The van der Waals surface area contributed by atoms with Crippen molar-refractivity contribution < 1.29 is 14.3 Å². The number of hydrogen-bond donors (Lipinski definition) is 2. The van der Waals surface area contributed by atoms with Gasteiger partial charge in [0, 0.05) is 26.2 Å². The molecule has 1 heterocycles. The first kappa shape index (κ1) is 18.7. The zero-order valence-electron chi connectivity index (χ0n) is 14.2. The van der Waals surface area contributed by atoms with Gasteiger partial charge in [-0.1, -0.05) is 17.7 Å². The predicted molar refractivity (Wildman–Crippen MR) is 94.4 cm³/mol. The van der Waals surface area contributed by atoms with Crippen LogP contribution < -0.4 is 10.6 Å². The number of carbonyl (C=O) groups is 2. The topological polar surface area (TPSA) is 70.7 Å². The number of amides is 2. The van der Waals surface area contributed by atoms with Crippen LogP contribution >= 0.6 is 11.6 Å². The van der Waals surface area contributed by atoms with Crippen LogP contribution in [0.15, 0.2) is 12.1 Å². The summed E-state index contributed by atoms with van der Waals surface area (Å²) in [6.07, 6.45) is -0.216. The highest BCUT2D eigenvalue weighted by Gasteiger charge is 2.14. The average Bonchev–Trinajstić information content (AvgIpc) is 2.52. The van der Waals surface area contributed by atoms with E-state index in [1.54, 1.807) is 6.07 Å². The summed E-state index contributed by atoms with van der Waals surface area (Å²) in [7, 11) is 0. The van der Waals surface area contributed by atoms with Crippen LogP contribution in [0.4, 0.5) is 5.69 Å². The van der Waals surface area contributed by atoms with Gasteiger partial charge in [-0.15, -0.1) is 0 Å². The Bertz CT molecular complexity index is 578. The fraction of sp³-hybridized carbons (Fsp3) is 0.529. The van der Waals surface area contributed by atoms with Gasteiger partial charge in [0.15, 0.2) is 0 Å². The number of aryl methyl sites for hydroxylation is 2. The Balaban J connectivity index is 1.74. The SMILES string of the molecule is Cc1cc(C)c(NC(=O)CC(=O)NCCN2CCOCC2)c(Cl)c1. The van der Waals surface area contributed by atoms with Gasteiger partial charge in [-0.3, -0.25) is 14.5 Å². The molecule has 1 saturated heterocycles. The van der Waals surface area contributed by atoms with Crippen LogP contribution in [0.2, 0.25) is 5.02 Å². The van der Waals surface area contributed by atoms with Crippen molar-refractivity contribution in [2.24, 2.45) is 0 Å². The number of anilines is 1. The Hall–Kier alpha value is -1.63. The minimum atomic E-state index is -0.368. The molecule has 0 aromatic heterocycles. The van der Waals surface area contributed by atoms with E-state index < -0.39 is 0 Å². The molecule has 1 aliphatic heterocycles. The number of nitrogens with one attached hydrogen (secondary N) is 2. The molecule has 2 N–H and O–H groups in total. The van der Waals surface area contributed by atoms with Crippen molar-refractivity contribution in [3.63, 3.8) is 0 Å². The molecule has 7 heteroatoms. The van der Waals surface area contributed by atoms with Crippen molar-refractivity contribution in [3.8, 4) is 0 Å². The normalized spacial score (nSPS) is 15.1. The van der Waals surface area contributed by atoms with E-state index in [4.69, 9.17) is 16.3 Å². The first-order valence-electron chi connectivity index (χ1n) is 8.09. The number of carbonyl (C=O) groups excluding carboxylic acids is 2. The van der Waals surface area contributed by atoms with Gasteiger partial charge < -0.3 is 15.4 Å². The fourth-order valence-electron chi connectivity index (χ4n) is 2.64. The van der Waals surface area contributed by atoms with Crippen LogP contribution in [0.25, 0.3) is 0 Å². The first-order valence-corrected chi connectivity index (χ1v) is 8.47. The molecule has 0 atom stereocenters. The van der Waals surface area contributed by atoms with E-state index in [0.717, 1.165) is 44.0 Å². The third-order valence-electron chi connectivity index (χ3n) is 3.87. The number of halogens is 1. The van der Waals surface area contributed by atoms with E-state index in [-0.39, 0.29) is 18.2 Å². The Morgan fingerprint density at radius 1 is 1.21 bits per heavy atom. The largest absolute Gasteiger partial charge is 0.379 e. The molecule has 0 aliphatic carbocycles. The summed E-state index contributed by atoms with van der Waals surface area (Å²) in [5.74, 6) is -0.658. The van der Waals surface area contributed by atoms with Crippen LogP contribution in [-0.2, 0) is 14.3 Å². The van der Waals surface area contributed by atoms with E-state index in [0.29, 0.717) is 17.3 Å². The molecule has 1 fully saturated rings. The van der Waals surface area contributed by atoms with Crippen molar-refractivity contribution in [2.75, 3.05) is 44.7 Å². The Morgan fingerprint density at radius 2 is 1.92 bits per heavy atom. The molecule has 1 aliphatic rings. The number of nitrogens with zero attached hydrogens (tertiary/aromatic N) is 1. The van der Waals surface area contributed by atoms with Crippen LogP contribution in [0.3, 0.4) is 0 Å². The van der Waals surface area contributed by atoms with Crippen molar-refractivity contribution in [1.82, 2.24) is 10.2 Å². The standard InChI is InChI=1S/C17H24ClN3O3/c1-12-9-13(2)17(14(18)10-12)20-16(23)11-15(22)19-3-4-21-5-7-24-8-6-21/h9-10H,3-8,11H2,1-2H3,(H,19,22)(H,20,23). The maximum atomic E-state index is 12.0. The molecular weight excluding hydrogens is 330 g/mol. The second-order valence-corrected chi connectivity index (χ2v) is 6.37. The molecule has 132 valence electrons. The molecule has 0 unspecified atom stereocenters. The molecule has 0 bridgehead atoms. The molecule has 0 saturated carbocycles. The summed E-state index contributed by atoms with van der Waals surface area (Å²) in [6.45, 7) is 8.31. The Kier molecular flexibility index (Phi) is 7.02. The lowest BCUT2D eigenvalue weighted by Gasteiger charge is -2.26. The van der Waals surface area contributed by atoms with Crippen LogP contribution in [-0.4, -0.2) is 56.1 Å². The number of benzene rings is 1. The summed E-state index contributed by atoms with van der Waals surface area (Å²) >= 11 is 6.15. The van der Waals surface area contributed by atoms with Gasteiger partial charge >= 0.3 is 0 Å². The summed E-state index contributed by atoms with van der Waals surface area (Å²) in [6, 6.07) is 3.72. The van der Waals surface area contributed by atoms with E-state index >= 15 is 0 Å². The molecule has 1 aromatic carbocycles. The molecule has 2 rings (SSSR count). The summed E-state index contributed by atoms with van der Waals surface area (Å²) in [5.41, 5.74) is 2.46. The lowest BCUT2D eigenvalue weighted by atomic mass is 10.1. The molecule has 0 spiro atoms. The van der Waals surface area contributed by atoms with Crippen molar-refractivity contribution in [3.05, 3.63) is 28.3 Å². The third kappa shape index (κ3) is 5.78. The number of rotatable bonds is 6. The lowest BCUT2D eigenvalue weighted by Crippen LogP contribution is -2.41. The monoisotopic (exact) mass is 353 g/mol. The van der Waals surface area contributed by atoms with Crippen molar-refractivity contribution in [1.29, 1.82) is 0 Å². The van der Waals surface area contributed by atoms with Gasteiger partial charge in [-0.05, 0) is 31.0 Å². The highest BCUT2D eigenvalue weighted by atomic mass is 35.5. The van der Waals surface area contributed by atoms with E-state index in [2.05, 4.69) is 15.5 Å². The minimum absolute atomic E-state index is 0.216. The summed E-state index contributed by atoms with van der Waals surface area (Å²) in [4.78, 5) is 26.1. The van der Waals surface area contributed by atoms with Gasteiger partial charge in [-0.25, -0.2) is 0 Å². The van der Waals surface area contributed by atoms with Gasteiger partial charge in [0.2, 0.25) is 11.8 Å². The minimum Gasteiger partial charge on any atom is -0.379 e.